The van der Waals surface area contributed by atoms with E-state index in [0.29, 0.717) is 11.3 Å². The first-order valence-corrected chi connectivity index (χ1v) is 3.66. The van der Waals surface area contributed by atoms with Gasteiger partial charge in [-0.25, -0.2) is 4.39 Å². The van der Waals surface area contributed by atoms with Crippen molar-refractivity contribution in [2.75, 3.05) is 13.8 Å². The lowest BCUT2D eigenvalue weighted by Gasteiger charge is -2.06. The van der Waals surface area contributed by atoms with Crippen molar-refractivity contribution in [3.63, 3.8) is 0 Å². The molecule has 0 heterocycles. The van der Waals surface area contributed by atoms with Gasteiger partial charge in [0.05, 0.1) is 7.11 Å². The molecule has 66 valence electrons. The molecule has 3 heteroatoms. The van der Waals surface area contributed by atoms with E-state index in [1.54, 1.807) is 31.4 Å². The van der Waals surface area contributed by atoms with E-state index in [-0.39, 0.29) is 0 Å². The Labute approximate surface area is 70.6 Å². The summed E-state index contributed by atoms with van der Waals surface area (Å²) >= 11 is 0. The Morgan fingerprint density at radius 2 is 2.00 bits per heavy atom. The molecule has 0 aliphatic carbocycles. The molecule has 1 aromatic carbocycles. The molecule has 0 saturated carbocycles. The van der Waals surface area contributed by atoms with Crippen molar-refractivity contribution < 1.29 is 14.2 Å². The number of rotatable bonds is 3. The predicted octanol–water partition coefficient (Wildman–Crippen LogP) is 1.70. The maximum absolute atomic E-state index is 12.0. The van der Waals surface area contributed by atoms with Gasteiger partial charge in [-0.1, -0.05) is 12.1 Å². The molecule has 1 unspecified atom stereocenters. The van der Waals surface area contributed by atoms with E-state index in [4.69, 9.17) is 9.84 Å². The van der Waals surface area contributed by atoms with E-state index in [9.17, 15) is 4.39 Å². The van der Waals surface area contributed by atoms with Crippen LogP contribution in [0, 0.1) is 0 Å². The monoisotopic (exact) mass is 170 g/mol. The van der Waals surface area contributed by atoms with Crippen LogP contribution in [-0.4, -0.2) is 18.9 Å². The number of hydrogen-bond donors (Lipinski definition) is 1. The van der Waals surface area contributed by atoms with Crippen LogP contribution in [0.5, 0.6) is 5.75 Å². The molecule has 0 spiro atoms. The zero-order valence-electron chi connectivity index (χ0n) is 6.83. The van der Waals surface area contributed by atoms with Crippen LogP contribution in [0.3, 0.4) is 0 Å². The van der Waals surface area contributed by atoms with Crippen molar-refractivity contribution in [1.29, 1.82) is 0 Å². The molecule has 0 aliphatic heterocycles. The Balaban J connectivity index is 2.77. The van der Waals surface area contributed by atoms with Gasteiger partial charge >= 0.3 is 0 Å². The summed E-state index contributed by atoms with van der Waals surface area (Å²) in [5.41, 5.74) is 0.568. The summed E-state index contributed by atoms with van der Waals surface area (Å²) in [6, 6.07) is 6.66. The van der Waals surface area contributed by atoms with Crippen molar-refractivity contribution in [3.05, 3.63) is 29.8 Å². The molecule has 0 bridgehead atoms. The van der Waals surface area contributed by atoms with Gasteiger partial charge in [-0.3, -0.25) is 0 Å². The second-order valence-corrected chi connectivity index (χ2v) is 2.44. The van der Waals surface area contributed by atoms with Crippen LogP contribution in [0.2, 0.25) is 0 Å². The average Bonchev–Trinajstić information content (AvgIpc) is 2.17. The van der Waals surface area contributed by atoms with E-state index >= 15 is 0 Å². The van der Waals surface area contributed by atoms with Crippen LogP contribution in [0.25, 0.3) is 0 Å². The third-order valence-corrected chi connectivity index (χ3v) is 1.65. The third-order valence-electron chi connectivity index (χ3n) is 1.65. The Kier molecular flexibility index (Phi) is 3.05. The third kappa shape index (κ3) is 1.95. The minimum atomic E-state index is -1.02. The topological polar surface area (TPSA) is 29.5 Å². The second-order valence-electron chi connectivity index (χ2n) is 2.44. The van der Waals surface area contributed by atoms with Gasteiger partial charge in [0.25, 0.3) is 0 Å². The molecule has 0 saturated heterocycles. The summed E-state index contributed by atoms with van der Waals surface area (Å²) < 4.78 is 16.9. The Morgan fingerprint density at radius 1 is 1.42 bits per heavy atom. The fourth-order valence-electron chi connectivity index (χ4n) is 0.915. The van der Waals surface area contributed by atoms with E-state index in [2.05, 4.69) is 0 Å². The number of benzene rings is 1. The van der Waals surface area contributed by atoms with Gasteiger partial charge in [-0.05, 0) is 17.7 Å². The summed E-state index contributed by atoms with van der Waals surface area (Å²) in [7, 11) is 1.56. The molecule has 0 fully saturated rings. The number of halogens is 1. The van der Waals surface area contributed by atoms with E-state index in [0.717, 1.165) is 0 Å². The van der Waals surface area contributed by atoms with Gasteiger partial charge in [0.2, 0.25) is 0 Å². The molecule has 2 nitrogen and oxygen atoms in total. The number of methoxy groups -OCH3 is 1. The maximum Gasteiger partial charge on any atom is 0.119 e. The van der Waals surface area contributed by atoms with Crippen molar-refractivity contribution >= 4 is 0 Å². The summed E-state index contributed by atoms with van der Waals surface area (Å²) in [5.74, 6) is 0.699. The van der Waals surface area contributed by atoms with E-state index in [1.807, 2.05) is 0 Å². The number of aliphatic hydroxyl groups excluding tert-OH is 1. The first-order chi connectivity index (χ1) is 5.77. The lowest BCUT2D eigenvalue weighted by atomic mass is 10.1. The minimum absolute atomic E-state index is 0.568. The molecule has 0 amide bonds. The standard InChI is InChI=1S/C9H11FO2/c1-12-8-4-2-7(3-5-8)9(11)6-10/h2-5,9,11H,6H2,1H3. The Bertz CT molecular complexity index is 233. The van der Waals surface area contributed by atoms with Crippen LogP contribution in [0.1, 0.15) is 11.7 Å². The SMILES string of the molecule is COc1ccc(C(O)CF)cc1. The highest BCUT2D eigenvalue weighted by Gasteiger charge is 2.05. The maximum atomic E-state index is 12.0. The first-order valence-electron chi connectivity index (χ1n) is 3.66. The highest BCUT2D eigenvalue weighted by molar-refractivity contribution is 5.28. The van der Waals surface area contributed by atoms with E-state index < -0.39 is 12.8 Å². The zero-order valence-corrected chi connectivity index (χ0v) is 6.83. The largest absolute Gasteiger partial charge is 0.497 e. The van der Waals surface area contributed by atoms with Crippen LogP contribution in [0.4, 0.5) is 4.39 Å². The van der Waals surface area contributed by atoms with Gasteiger partial charge in [0, 0.05) is 0 Å². The lowest BCUT2D eigenvalue weighted by molar-refractivity contribution is 0.141. The number of ether oxygens (including phenoxy) is 1. The minimum Gasteiger partial charge on any atom is -0.497 e. The molecular formula is C9H11FO2. The van der Waals surface area contributed by atoms with Crippen molar-refractivity contribution in [2.24, 2.45) is 0 Å². The van der Waals surface area contributed by atoms with Crippen LogP contribution in [-0.2, 0) is 0 Å². The molecule has 0 radical (unpaired) electrons. The van der Waals surface area contributed by atoms with Crippen LogP contribution >= 0.6 is 0 Å². The van der Waals surface area contributed by atoms with Gasteiger partial charge in [-0.15, -0.1) is 0 Å². The Morgan fingerprint density at radius 3 is 2.42 bits per heavy atom. The normalized spacial score (nSPS) is 12.6. The van der Waals surface area contributed by atoms with Crippen molar-refractivity contribution in [1.82, 2.24) is 0 Å². The smallest absolute Gasteiger partial charge is 0.119 e. The van der Waals surface area contributed by atoms with Gasteiger partial charge in [0.1, 0.15) is 18.5 Å². The fourth-order valence-corrected chi connectivity index (χ4v) is 0.915. The second kappa shape index (κ2) is 4.07. The fraction of sp³-hybridized carbons (Fsp3) is 0.333. The molecule has 0 aliphatic rings. The molecule has 1 atom stereocenters. The van der Waals surface area contributed by atoms with Crippen LogP contribution in [0.15, 0.2) is 24.3 Å². The molecule has 12 heavy (non-hydrogen) atoms. The summed E-state index contributed by atoms with van der Waals surface area (Å²) in [6.07, 6.45) is -1.02. The van der Waals surface area contributed by atoms with Crippen LogP contribution < -0.4 is 4.74 Å². The van der Waals surface area contributed by atoms with E-state index in [1.165, 1.54) is 0 Å². The first kappa shape index (κ1) is 9.00. The molecule has 1 aromatic rings. The highest BCUT2D eigenvalue weighted by atomic mass is 19.1. The van der Waals surface area contributed by atoms with Crippen molar-refractivity contribution in [2.45, 2.75) is 6.10 Å². The average molecular weight is 170 g/mol. The summed E-state index contributed by atoms with van der Waals surface area (Å²) in [6.45, 7) is -0.758. The lowest BCUT2D eigenvalue weighted by Crippen LogP contribution is -1.98. The molecule has 1 N–H and O–H groups in total. The highest BCUT2D eigenvalue weighted by Crippen LogP contribution is 2.17. The molecule has 0 aromatic heterocycles. The summed E-state index contributed by atoms with van der Waals surface area (Å²) in [4.78, 5) is 0. The Hall–Kier alpha value is -1.09. The summed E-state index contributed by atoms with van der Waals surface area (Å²) in [5, 5.41) is 9.08. The molecular weight excluding hydrogens is 159 g/mol. The number of alkyl halides is 1. The van der Waals surface area contributed by atoms with Gasteiger partial charge < -0.3 is 9.84 Å². The quantitative estimate of drug-likeness (QED) is 0.748. The predicted molar refractivity (Wildman–Crippen MR) is 43.9 cm³/mol. The van der Waals surface area contributed by atoms with Gasteiger partial charge in [-0.2, -0.15) is 0 Å². The number of aliphatic hydroxyl groups is 1. The number of hydrogen-bond acceptors (Lipinski definition) is 2. The molecule has 1 rings (SSSR count). The zero-order chi connectivity index (χ0) is 8.97. The van der Waals surface area contributed by atoms with Gasteiger partial charge in [0.15, 0.2) is 0 Å². The van der Waals surface area contributed by atoms with Crippen molar-refractivity contribution in [3.8, 4) is 5.75 Å².